The minimum absolute atomic E-state index is 0.197. The number of hydrogen-bond donors (Lipinski definition) is 0. The molecule has 0 saturated carbocycles. The number of ether oxygens (including phenoxy) is 1. The van der Waals surface area contributed by atoms with E-state index in [0.29, 0.717) is 36.4 Å². The topological polar surface area (TPSA) is 79.8 Å². The molecule has 10 heteroatoms. The van der Waals surface area contributed by atoms with Gasteiger partial charge in [-0.05, 0) is 41.4 Å². The zero-order chi connectivity index (χ0) is 28.7. The summed E-state index contributed by atoms with van der Waals surface area (Å²) < 4.78 is 25.3. The summed E-state index contributed by atoms with van der Waals surface area (Å²) in [6.45, 7) is 8.42. The molecule has 0 saturated heterocycles. The highest BCUT2D eigenvalue weighted by Gasteiger charge is 2.17. The van der Waals surface area contributed by atoms with Crippen molar-refractivity contribution in [2.24, 2.45) is 7.05 Å². The first-order valence-corrected chi connectivity index (χ1v) is 17.5. The van der Waals surface area contributed by atoms with Crippen molar-refractivity contribution in [3.63, 3.8) is 0 Å². The summed E-state index contributed by atoms with van der Waals surface area (Å²) in [4.78, 5) is 18.5. The first kappa shape index (κ1) is 27.0. The van der Waals surface area contributed by atoms with Gasteiger partial charge in [0.1, 0.15) is 23.7 Å². The normalized spacial score (nSPS) is 12.2. The fraction of sp³-hybridized carbons (Fsp3) is 0.290. The molecule has 8 nitrogen and oxygen atoms in total. The average molecular weight is 569 g/mol. The third-order valence-corrected chi connectivity index (χ3v) is 9.24. The Labute approximate surface area is 238 Å². The lowest BCUT2D eigenvalue weighted by Gasteiger charge is -2.15. The third-order valence-electron chi connectivity index (χ3n) is 7.53. The van der Waals surface area contributed by atoms with Gasteiger partial charge in [-0.2, -0.15) is 10.2 Å². The lowest BCUT2D eigenvalue weighted by molar-refractivity contribution is 0.0817. The first-order valence-electron chi connectivity index (χ1n) is 13.8. The molecule has 4 aromatic heterocycles. The molecule has 0 aliphatic carbocycles. The van der Waals surface area contributed by atoms with Crippen LogP contribution in [0, 0.1) is 5.82 Å². The van der Waals surface area contributed by atoms with Crippen molar-refractivity contribution in [3.8, 4) is 0 Å². The number of rotatable bonds is 9. The van der Waals surface area contributed by atoms with Gasteiger partial charge >= 0.3 is 0 Å². The largest absolute Gasteiger partial charge is 0.360 e. The summed E-state index contributed by atoms with van der Waals surface area (Å²) in [5.74, 6) is -0.256. The van der Waals surface area contributed by atoms with Crippen LogP contribution in [0.5, 0.6) is 0 Å². The van der Waals surface area contributed by atoms with E-state index in [1.165, 1.54) is 10.7 Å². The number of aryl methyl sites for hydroxylation is 1. The molecule has 0 atom stereocenters. The number of nitrogens with zero attached hydrogens (tertiary/aromatic N) is 6. The van der Waals surface area contributed by atoms with E-state index in [4.69, 9.17) is 9.72 Å². The van der Waals surface area contributed by atoms with Gasteiger partial charge in [0.15, 0.2) is 0 Å². The van der Waals surface area contributed by atoms with Gasteiger partial charge in [-0.1, -0.05) is 50.0 Å². The zero-order valence-electron chi connectivity index (χ0n) is 23.8. The number of pyridine rings is 1. The van der Waals surface area contributed by atoms with Gasteiger partial charge in [0, 0.05) is 50.0 Å². The Bertz CT molecular complexity index is 1950. The van der Waals surface area contributed by atoms with Crippen molar-refractivity contribution in [2.45, 2.75) is 45.4 Å². The van der Waals surface area contributed by atoms with Crippen LogP contribution >= 0.6 is 0 Å². The van der Waals surface area contributed by atoms with Gasteiger partial charge in [-0.25, -0.2) is 18.7 Å². The van der Waals surface area contributed by atoms with E-state index >= 15 is 0 Å². The standard InChI is InChI=1S/C31H33FN6O2Si/c1-36-29-26(24-13-12-23(35-30(24)36)16-21-8-5-6-10-27(21)32)18-33-37(31(29)39)19-22-9-7-11-28-25(22)17-34-38(28)20-40-14-15-41(2,3)4/h5-13,17-18H,14-16,19-20H2,1-4H3. The Balaban J connectivity index is 1.30. The molecule has 0 radical (unpaired) electrons. The molecule has 0 spiro atoms. The van der Waals surface area contributed by atoms with Crippen LogP contribution in [0.4, 0.5) is 4.39 Å². The van der Waals surface area contributed by atoms with Gasteiger partial charge in [-0.15, -0.1) is 0 Å². The second kappa shape index (κ2) is 10.7. The Kier molecular flexibility index (Phi) is 7.04. The molecule has 41 heavy (non-hydrogen) atoms. The number of halogens is 1. The molecular weight excluding hydrogens is 535 g/mol. The summed E-state index contributed by atoms with van der Waals surface area (Å²) in [6.07, 6.45) is 3.93. The lowest BCUT2D eigenvalue weighted by atomic mass is 10.1. The van der Waals surface area contributed by atoms with E-state index in [9.17, 15) is 9.18 Å². The highest BCUT2D eigenvalue weighted by atomic mass is 28.3. The Morgan fingerprint density at radius 1 is 0.878 bits per heavy atom. The summed E-state index contributed by atoms with van der Waals surface area (Å²) in [6, 6.07) is 17.6. The molecule has 0 bridgehead atoms. The molecule has 4 heterocycles. The predicted octanol–water partition coefficient (Wildman–Crippen LogP) is 5.72. The first-order chi connectivity index (χ1) is 19.7. The van der Waals surface area contributed by atoms with Crippen LogP contribution in [-0.4, -0.2) is 43.8 Å². The molecule has 0 fully saturated rings. The van der Waals surface area contributed by atoms with Gasteiger partial charge in [-0.3, -0.25) is 4.79 Å². The summed E-state index contributed by atoms with van der Waals surface area (Å²) in [7, 11) is 0.676. The molecule has 210 valence electrons. The van der Waals surface area contributed by atoms with E-state index < -0.39 is 8.07 Å². The van der Waals surface area contributed by atoms with Crippen molar-refractivity contribution < 1.29 is 9.13 Å². The van der Waals surface area contributed by atoms with E-state index in [1.807, 2.05) is 58.9 Å². The van der Waals surface area contributed by atoms with E-state index in [2.05, 4.69) is 29.8 Å². The van der Waals surface area contributed by atoms with Crippen molar-refractivity contribution in [1.29, 1.82) is 0 Å². The van der Waals surface area contributed by atoms with Crippen LogP contribution in [0.25, 0.3) is 32.8 Å². The van der Waals surface area contributed by atoms with E-state index in [0.717, 1.165) is 45.6 Å². The third kappa shape index (κ3) is 5.32. The van der Waals surface area contributed by atoms with Gasteiger partial charge in [0.2, 0.25) is 0 Å². The maximum Gasteiger partial charge on any atom is 0.291 e. The maximum atomic E-state index is 14.2. The van der Waals surface area contributed by atoms with Crippen LogP contribution in [0.15, 0.2) is 71.8 Å². The zero-order valence-corrected chi connectivity index (χ0v) is 24.8. The Hall–Kier alpha value is -4.15. The lowest BCUT2D eigenvalue weighted by Crippen LogP contribution is -2.24. The molecule has 0 unspecified atom stereocenters. The van der Waals surface area contributed by atoms with E-state index in [1.54, 1.807) is 18.3 Å². The minimum Gasteiger partial charge on any atom is -0.360 e. The van der Waals surface area contributed by atoms with Crippen LogP contribution in [-0.2, 0) is 31.5 Å². The van der Waals surface area contributed by atoms with Crippen molar-refractivity contribution in [1.82, 2.24) is 29.1 Å². The van der Waals surface area contributed by atoms with Crippen LogP contribution in [0.2, 0.25) is 25.7 Å². The molecular formula is C31H33FN6O2Si. The molecule has 0 amide bonds. The quantitative estimate of drug-likeness (QED) is 0.165. The molecule has 6 aromatic rings. The van der Waals surface area contributed by atoms with Crippen molar-refractivity contribution >= 4 is 40.9 Å². The highest BCUT2D eigenvalue weighted by Crippen LogP contribution is 2.26. The van der Waals surface area contributed by atoms with Gasteiger partial charge < -0.3 is 9.30 Å². The highest BCUT2D eigenvalue weighted by molar-refractivity contribution is 6.76. The maximum absolute atomic E-state index is 14.2. The fourth-order valence-corrected chi connectivity index (χ4v) is 5.96. The number of benzene rings is 2. The Morgan fingerprint density at radius 2 is 1.63 bits per heavy atom. The molecule has 2 aromatic carbocycles. The van der Waals surface area contributed by atoms with Crippen LogP contribution in [0.3, 0.4) is 0 Å². The molecule has 0 aliphatic heterocycles. The van der Waals surface area contributed by atoms with Crippen LogP contribution < -0.4 is 5.56 Å². The van der Waals surface area contributed by atoms with Gasteiger partial charge in [0.25, 0.3) is 5.56 Å². The second-order valence-corrected chi connectivity index (χ2v) is 17.3. The number of fused-ring (bicyclic) bond motifs is 4. The summed E-state index contributed by atoms with van der Waals surface area (Å²) in [5.41, 5.74) is 4.23. The fourth-order valence-electron chi connectivity index (χ4n) is 5.20. The van der Waals surface area contributed by atoms with Crippen LogP contribution in [0.1, 0.15) is 16.8 Å². The Morgan fingerprint density at radius 3 is 2.44 bits per heavy atom. The predicted molar refractivity (Wildman–Crippen MR) is 162 cm³/mol. The molecule has 0 aliphatic rings. The summed E-state index contributed by atoms with van der Waals surface area (Å²) >= 11 is 0. The van der Waals surface area contributed by atoms with Crippen molar-refractivity contribution in [2.75, 3.05) is 6.61 Å². The summed E-state index contributed by atoms with van der Waals surface area (Å²) in [5, 5.41) is 11.6. The van der Waals surface area contributed by atoms with E-state index in [-0.39, 0.29) is 11.4 Å². The number of hydrogen-bond acceptors (Lipinski definition) is 5. The minimum atomic E-state index is -1.16. The van der Waals surface area contributed by atoms with Crippen molar-refractivity contribution in [3.05, 3.63) is 100.0 Å². The molecule has 0 N–H and O–H groups in total. The SMILES string of the molecule is Cn1c2nc(Cc3ccccc3F)ccc2c2cnn(Cc3cccc4c3cnn4COCC[Si](C)(C)C)c(=O)c21. The monoisotopic (exact) mass is 568 g/mol. The smallest absolute Gasteiger partial charge is 0.291 e. The van der Waals surface area contributed by atoms with Gasteiger partial charge in [0.05, 0.1) is 24.5 Å². The average Bonchev–Trinajstić information content (AvgIpc) is 3.48. The second-order valence-electron chi connectivity index (χ2n) is 11.7. The number of aromatic nitrogens is 6. The molecule has 6 rings (SSSR count).